The van der Waals surface area contributed by atoms with Crippen molar-refractivity contribution in [2.45, 2.75) is 46.0 Å². The third-order valence-electron chi connectivity index (χ3n) is 3.60. The van der Waals surface area contributed by atoms with E-state index >= 15 is 0 Å². The lowest BCUT2D eigenvalue weighted by Gasteiger charge is -2.22. The number of nitrogens with zero attached hydrogens (tertiary/aromatic N) is 2. The van der Waals surface area contributed by atoms with Crippen molar-refractivity contribution < 1.29 is 19.2 Å². The molecule has 0 saturated heterocycles. The number of fused-ring (bicyclic) bond motifs is 1. The smallest absolute Gasteiger partial charge is 0.323 e. The second-order valence-corrected chi connectivity index (χ2v) is 5.97. The third-order valence-corrected chi connectivity index (χ3v) is 3.60. The van der Waals surface area contributed by atoms with Crippen LogP contribution in [0.4, 0.5) is 0 Å². The number of rotatable bonds is 5. The lowest BCUT2D eigenvalue weighted by atomic mass is 10.1. The maximum atomic E-state index is 12.6. The first-order valence-electron chi connectivity index (χ1n) is 7.47. The fraction of sp³-hybridized carbons (Fsp3) is 0.667. The summed E-state index contributed by atoms with van der Waals surface area (Å²) in [4.78, 5) is 24.9. The zero-order valence-corrected chi connectivity index (χ0v) is 12.6. The Labute approximate surface area is 124 Å². The number of carbonyl (C=O) groups excluding carboxylic acids is 1. The van der Waals surface area contributed by atoms with E-state index in [1.807, 2.05) is 13.8 Å². The molecule has 1 amide bonds. The van der Waals surface area contributed by atoms with Crippen molar-refractivity contribution in [3.8, 4) is 0 Å². The van der Waals surface area contributed by atoms with Crippen LogP contribution in [0.3, 0.4) is 0 Å². The molecule has 21 heavy (non-hydrogen) atoms. The number of amides is 1. The molecule has 0 radical (unpaired) electrons. The van der Waals surface area contributed by atoms with Crippen LogP contribution in [-0.2, 0) is 17.6 Å². The van der Waals surface area contributed by atoms with Gasteiger partial charge in [0.1, 0.15) is 12.3 Å². The SMILES string of the molecule is CC(C)CN(CC(=O)O)C(=O)c1noc2c1CCCCC2. The molecule has 1 aliphatic rings. The molecule has 6 nitrogen and oxygen atoms in total. The minimum absolute atomic E-state index is 0.193. The molecule has 1 N–H and O–H groups in total. The highest BCUT2D eigenvalue weighted by molar-refractivity contribution is 5.95. The Morgan fingerprint density at radius 1 is 1.29 bits per heavy atom. The lowest BCUT2D eigenvalue weighted by Crippen LogP contribution is -2.38. The molecular formula is C15H22N2O4. The van der Waals surface area contributed by atoms with Gasteiger partial charge in [-0.2, -0.15) is 0 Å². The first kappa shape index (κ1) is 15.5. The van der Waals surface area contributed by atoms with Crippen LogP contribution in [0.1, 0.15) is 54.9 Å². The average molecular weight is 294 g/mol. The molecule has 116 valence electrons. The average Bonchev–Trinajstić information content (AvgIpc) is 2.65. The Morgan fingerprint density at radius 3 is 2.67 bits per heavy atom. The van der Waals surface area contributed by atoms with Gasteiger partial charge in [0.25, 0.3) is 5.91 Å². The van der Waals surface area contributed by atoms with Gasteiger partial charge in [0.15, 0.2) is 5.69 Å². The van der Waals surface area contributed by atoms with Crippen LogP contribution < -0.4 is 0 Å². The number of aryl methyl sites for hydroxylation is 1. The lowest BCUT2D eigenvalue weighted by molar-refractivity contribution is -0.137. The summed E-state index contributed by atoms with van der Waals surface area (Å²) in [6.45, 7) is 3.99. The highest BCUT2D eigenvalue weighted by Crippen LogP contribution is 2.24. The van der Waals surface area contributed by atoms with E-state index in [9.17, 15) is 9.59 Å². The Balaban J connectivity index is 2.23. The molecule has 0 aromatic carbocycles. The molecule has 0 fully saturated rings. The second-order valence-electron chi connectivity index (χ2n) is 5.97. The minimum atomic E-state index is -1.02. The van der Waals surface area contributed by atoms with Crippen LogP contribution in [0.2, 0.25) is 0 Å². The molecule has 0 aliphatic heterocycles. The summed E-state index contributed by atoms with van der Waals surface area (Å²) in [7, 11) is 0. The fourth-order valence-corrected chi connectivity index (χ4v) is 2.70. The molecule has 1 heterocycles. The molecule has 0 bridgehead atoms. The normalized spacial score (nSPS) is 14.6. The van der Waals surface area contributed by atoms with E-state index < -0.39 is 5.97 Å². The van der Waals surface area contributed by atoms with Crippen molar-refractivity contribution in [2.24, 2.45) is 5.92 Å². The van der Waals surface area contributed by atoms with Crippen LogP contribution in [-0.4, -0.2) is 40.1 Å². The molecule has 0 saturated carbocycles. The maximum Gasteiger partial charge on any atom is 0.323 e. The predicted octanol–water partition coefficient (Wildman–Crippen LogP) is 2.13. The molecule has 1 aromatic heterocycles. The van der Waals surface area contributed by atoms with E-state index in [0.717, 1.165) is 43.4 Å². The number of carboxylic acids is 1. The van der Waals surface area contributed by atoms with Gasteiger partial charge in [-0.25, -0.2) is 0 Å². The molecule has 1 aliphatic carbocycles. The number of aliphatic carboxylic acids is 1. The number of hydrogen-bond donors (Lipinski definition) is 1. The zero-order valence-electron chi connectivity index (χ0n) is 12.6. The first-order valence-corrected chi connectivity index (χ1v) is 7.47. The first-order chi connectivity index (χ1) is 9.99. The number of carboxylic acid groups (broad SMARTS) is 1. The van der Waals surface area contributed by atoms with Gasteiger partial charge >= 0.3 is 5.97 Å². The van der Waals surface area contributed by atoms with Gasteiger partial charge in [0.2, 0.25) is 0 Å². The summed E-state index contributed by atoms with van der Waals surface area (Å²) in [5.41, 5.74) is 1.17. The van der Waals surface area contributed by atoms with Crippen molar-refractivity contribution in [3.05, 3.63) is 17.0 Å². The summed E-state index contributed by atoms with van der Waals surface area (Å²) in [5, 5.41) is 12.9. The molecular weight excluding hydrogens is 272 g/mol. The molecule has 1 aromatic rings. The zero-order chi connectivity index (χ0) is 15.4. The van der Waals surface area contributed by atoms with E-state index in [1.54, 1.807) is 0 Å². The van der Waals surface area contributed by atoms with Crippen LogP contribution in [0, 0.1) is 5.92 Å². The van der Waals surface area contributed by atoms with E-state index in [-0.39, 0.29) is 18.4 Å². The van der Waals surface area contributed by atoms with Crippen molar-refractivity contribution in [2.75, 3.05) is 13.1 Å². The Kier molecular flexibility index (Phi) is 4.98. The van der Waals surface area contributed by atoms with Crippen LogP contribution in [0.15, 0.2) is 4.52 Å². The third kappa shape index (κ3) is 3.83. The Bertz CT molecular complexity index is 522. The molecule has 2 rings (SSSR count). The summed E-state index contributed by atoms with van der Waals surface area (Å²) in [6.07, 6.45) is 4.75. The molecule has 0 spiro atoms. The quantitative estimate of drug-likeness (QED) is 0.841. The van der Waals surface area contributed by atoms with Gasteiger partial charge in [0, 0.05) is 18.5 Å². The van der Waals surface area contributed by atoms with Gasteiger partial charge in [-0.15, -0.1) is 0 Å². The number of carbonyl (C=O) groups is 2. The topological polar surface area (TPSA) is 83.6 Å². The van der Waals surface area contributed by atoms with Crippen LogP contribution in [0.5, 0.6) is 0 Å². The van der Waals surface area contributed by atoms with Gasteiger partial charge < -0.3 is 14.5 Å². The standard InChI is InChI=1S/C15H22N2O4/c1-10(2)8-17(9-13(18)19)15(20)14-11-6-4-3-5-7-12(11)21-16-14/h10H,3-9H2,1-2H3,(H,18,19). The van der Waals surface area contributed by atoms with E-state index in [4.69, 9.17) is 9.63 Å². The van der Waals surface area contributed by atoms with Crippen LogP contribution >= 0.6 is 0 Å². The van der Waals surface area contributed by atoms with Gasteiger partial charge in [0.05, 0.1) is 0 Å². The second kappa shape index (κ2) is 6.74. The fourth-order valence-electron chi connectivity index (χ4n) is 2.70. The van der Waals surface area contributed by atoms with E-state index in [0.29, 0.717) is 12.2 Å². The summed E-state index contributed by atoms with van der Waals surface area (Å²) in [6, 6.07) is 0. The monoisotopic (exact) mass is 294 g/mol. The van der Waals surface area contributed by atoms with Crippen molar-refractivity contribution in [3.63, 3.8) is 0 Å². The largest absolute Gasteiger partial charge is 0.480 e. The van der Waals surface area contributed by atoms with Gasteiger partial charge in [-0.3, -0.25) is 9.59 Å². The summed E-state index contributed by atoms with van der Waals surface area (Å²) in [5.74, 6) is -0.369. The van der Waals surface area contributed by atoms with Crippen molar-refractivity contribution in [1.82, 2.24) is 10.1 Å². The predicted molar refractivity (Wildman–Crippen MR) is 76.1 cm³/mol. The number of aromatic nitrogens is 1. The Hall–Kier alpha value is -1.85. The van der Waals surface area contributed by atoms with Crippen molar-refractivity contribution >= 4 is 11.9 Å². The highest BCUT2D eigenvalue weighted by atomic mass is 16.5. The summed E-state index contributed by atoms with van der Waals surface area (Å²) >= 11 is 0. The van der Waals surface area contributed by atoms with Crippen LogP contribution in [0.25, 0.3) is 0 Å². The molecule has 0 atom stereocenters. The van der Waals surface area contributed by atoms with E-state index in [1.165, 1.54) is 4.90 Å². The molecule has 0 unspecified atom stereocenters. The van der Waals surface area contributed by atoms with Gasteiger partial charge in [-0.05, 0) is 25.2 Å². The highest BCUT2D eigenvalue weighted by Gasteiger charge is 2.28. The van der Waals surface area contributed by atoms with Crippen molar-refractivity contribution in [1.29, 1.82) is 0 Å². The van der Waals surface area contributed by atoms with Gasteiger partial charge in [-0.1, -0.05) is 25.4 Å². The van der Waals surface area contributed by atoms with E-state index in [2.05, 4.69) is 5.16 Å². The number of hydrogen-bond acceptors (Lipinski definition) is 4. The minimum Gasteiger partial charge on any atom is -0.480 e. The Morgan fingerprint density at radius 2 is 2.00 bits per heavy atom. The summed E-state index contributed by atoms with van der Waals surface area (Å²) < 4.78 is 5.30. The molecule has 6 heteroatoms. The maximum absolute atomic E-state index is 12.6.